The lowest BCUT2D eigenvalue weighted by molar-refractivity contribution is -0.106. The van der Waals surface area contributed by atoms with E-state index in [4.69, 9.17) is 0 Å². The summed E-state index contributed by atoms with van der Waals surface area (Å²) in [5.41, 5.74) is 2.51. The van der Waals surface area contributed by atoms with Gasteiger partial charge in [0.1, 0.15) is 5.69 Å². The van der Waals surface area contributed by atoms with Crippen molar-refractivity contribution in [2.75, 3.05) is 11.9 Å². The largest absolute Gasteiger partial charge is 0.383 e. The van der Waals surface area contributed by atoms with Crippen LogP contribution in [0.1, 0.15) is 12.1 Å². The number of hydrogen-bond donors (Lipinski definition) is 1. The summed E-state index contributed by atoms with van der Waals surface area (Å²) in [5, 5.41) is 3.19. The summed E-state index contributed by atoms with van der Waals surface area (Å²) in [6.45, 7) is 0.811. The van der Waals surface area contributed by atoms with Crippen LogP contribution in [0.25, 0.3) is 0 Å². The van der Waals surface area contributed by atoms with E-state index in [9.17, 15) is 4.79 Å². The van der Waals surface area contributed by atoms with Crippen LogP contribution in [-0.4, -0.2) is 23.7 Å². The van der Waals surface area contributed by atoms with Gasteiger partial charge in [-0.05, 0) is 12.1 Å². The van der Waals surface area contributed by atoms with E-state index in [2.05, 4.69) is 15.3 Å². The van der Waals surface area contributed by atoms with Crippen molar-refractivity contribution < 1.29 is 4.79 Å². The number of nitrogens with zero attached hydrogens (tertiary/aromatic N) is 2. The number of amides is 1. The fourth-order valence-electron chi connectivity index (χ4n) is 1.40. The maximum Gasteiger partial charge on any atom is 0.233 e. The van der Waals surface area contributed by atoms with Gasteiger partial charge in [0.05, 0.1) is 11.4 Å². The van der Waals surface area contributed by atoms with Gasteiger partial charge in [-0.1, -0.05) is 0 Å². The maximum atomic E-state index is 10.2. The van der Waals surface area contributed by atoms with Gasteiger partial charge < -0.3 is 5.32 Å². The maximum absolute atomic E-state index is 10.2. The minimum absolute atomic E-state index is 0.569. The summed E-state index contributed by atoms with van der Waals surface area (Å²) in [6, 6.07) is 3.79. The molecule has 1 amide bonds. The Hall–Kier alpha value is -1.71. The van der Waals surface area contributed by atoms with E-state index < -0.39 is 0 Å². The lowest BCUT2D eigenvalue weighted by Crippen LogP contribution is -2.20. The predicted molar refractivity (Wildman–Crippen MR) is 49.9 cm³/mol. The third-order valence-electron chi connectivity index (χ3n) is 1.97. The lowest BCUT2D eigenvalue weighted by Gasteiger charge is -2.17. The van der Waals surface area contributed by atoms with E-state index in [1.807, 2.05) is 12.1 Å². The third kappa shape index (κ3) is 1.42. The molecule has 4 nitrogen and oxygen atoms in total. The SMILES string of the molecule is O=CN=C1CCNc2cccnc21. The molecule has 4 heteroatoms. The Morgan fingerprint density at radius 1 is 1.62 bits per heavy atom. The minimum atomic E-state index is 0.569. The van der Waals surface area contributed by atoms with E-state index in [0.717, 1.165) is 30.1 Å². The fraction of sp³-hybridized carbons (Fsp3) is 0.222. The Bertz CT molecular complexity index is 360. The van der Waals surface area contributed by atoms with Crippen LogP contribution in [0.5, 0.6) is 0 Å². The molecule has 2 heterocycles. The minimum Gasteiger partial charge on any atom is -0.383 e. The molecule has 0 spiro atoms. The summed E-state index contributed by atoms with van der Waals surface area (Å²) >= 11 is 0. The Labute approximate surface area is 75.7 Å². The van der Waals surface area contributed by atoms with Crippen LogP contribution < -0.4 is 5.32 Å². The number of carbonyl (C=O) groups excluding carboxylic acids is 1. The van der Waals surface area contributed by atoms with Crippen LogP contribution in [0.4, 0.5) is 5.69 Å². The van der Waals surface area contributed by atoms with Crippen LogP contribution in [0.3, 0.4) is 0 Å². The molecule has 13 heavy (non-hydrogen) atoms. The molecule has 0 aliphatic carbocycles. The van der Waals surface area contributed by atoms with Crippen molar-refractivity contribution >= 4 is 17.8 Å². The Balaban J connectivity index is 2.48. The van der Waals surface area contributed by atoms with Gasteiger partial charge in [0.2, 0.25) is 6.41 Å². The van der Waals surface area contributed by atoms with Gasteiger partial charge in [-0.25, -0.2) is 4.99 Å². The smallest absolute Gasteiger partial charge is 0.233 e. The second kappa shape index (κ2) is 3.35. The van der Waals surface area contributed by atoms with Crippen molar-refractivity contribution in [3.05, 3.63) is 24.0 Å². The predicted octanol–water partition coefficient (Wildman–Crippen LogP) is 0.843. The number of carbonyl (C=O) groups is 1. The summed E-state index contributed by atoms with van der Waals surface area (Å²) in [5.74, 6) is 0. The molecule has 0 saturated carbocycles. The molecule has 0 fully saturated rings. The molecule has 2 rings (SSSR count). The molecule has 0 unspecified atom stereocenters. The molecule has 0 bridgehead atoms. The number of nitrogens with one attached hydrogen (secondary N) is 1. The quantitative estimate of drug-likeness (QED) is 0.643. The van der Waals surface area contributed by atoms with Gasteiger partial charge in [-0.3, -0.25) is 9.78 Å². The first-order chi connectivity index (χ1) is 6.42. The summed E-state index contributed by atoms with van der Waals surface area (Å²) < 4.78 is 0. The van der Waals surface area contributed by atoms with E-state index in [1.165, 1.54) is 0 Å². The van der Waals surface area contributed by atoms with Gasteiger partial charge in [0, 0.05) is 19.2 Å². The standard InChI is InChI=1S/C9H9N3O/c13-6-12-8-3-5-10-7-2-1-4-11-9(7)8/h1-2,4,6,10H,3,5H2. The summed E-state index contributed by atoms with van der Waals surface area (Å²) in [4.78, 5) is 18.2. The molecule has 0 radical (unpaired) electrons. The molecule has 1 aliphatic heterocycles. The first-order valence-electron chi connectivity index (χ1n) is 4.11. The zero-order valence-corrected chi connectivity index (χ0v) is 7.03. The molecular formula is C9H9N3O. The number of anilines is 1. The van der Waals surface area contributed by atoms with Crippen molar-refractivity contribution in [3.8, 4) is 0 Å². The Kier molecular flexibility index (Phi) is 2.04. The van der Waals surface area contributed by atoms with Crippen LogP contribution in [0.15, 0.2) is 23.3 Å². The topological polar surface area (TPSA) is 54.4 Å². The fourth-order valence-corrected chi connectivity index (χ4v) is 1.40. The van der Waals surface area contributed by atoms with Gasteiger partial charge >= 0.3 is 0 Å². The molecule has 1 aromatic heterocycles. The molecule has 1 N–H and O–H groups in total. The van der Waals surface area contributed by atoms with E-state index in [1.54, 1.807) is 6.20 Å². The van der Waals surface area contributed by atoms with Crippen molar-refractivity contribution in [2.45, 2.75) is 6.42 Å². The average Bonchev–Trinajstić information content (AvgIpc) is 2.19. The van der Waals surface area contributed by atoms with Crippen LogP contribution in [-0.2, 0) is 4.79 Å². The average molecular weight is 175 g/mol. The number of aliphatic imine (C=N–C) groups is 1. The molecule has 0 saturated heterocycles. The zero-order valence-electron chi connectivity index (χ0n) is 7.03. The van der Waals surface area contributed by atoms with Crippen LogP contribution in [0, 0.1) is 0 Å². The van der Waals surface area contributed by atoms with Gasteiger partial charge in [-0.15, -0.1) is 0 Å². The van der Waals surface area contributed by atoms with E-state index in [0.29, 0.717) is 6.41 Å². The first-order valence-corrected chi connectivity index (χ1v) is 4.11. The molecule has 0 atom stereocenters. The second-order valence-electron chi connectivity index (χ2n) is 2.76. The van der Waals surface area contributed by atoms with Crippen molar-refractivity contribution in [1.82, 2.24) is 4.98 Å². The summed E-state index contributed by atoms with van der Waals surface area (Å²) in [6.07, 6.45) is 3.02. The number of pyridine rings is 1. The van der Waals surface area contributed by atoms with Crippen LogP contribution in [0.2, 0.25) is 0 Å². The summed E-state index contributed by atoms with van der Waals surface area (Å²) in [7, 11) is 0. The van der Waals surface area contributed by atoms with Crippen molar-refractivity contribution in [1.29, 1.82) is 0 Å². The van der Waals surface area contributed by atoms with E-state index in [-0.39, 0.29) is 0 Å². The van der Waals surface area contributed by atoms with Crippen LogP contribution >= 0.6 is 0 Å². The second-order valence-corrected chi connectivity index (χ2v) is 2.76. The zero-order chi connectivity index (χ0) is 9.10. The van der Waals surface area contributed by atoms with Crippen molar-refractivity contribution in [3.63, 3.8) is 0 Å². The van der Waals surface area contributed by atoms with Gasteiger partial charge in [-0.2, -0.15) is 0 Å². The number of rotatable bonds is 1. The highest BCUT2D eigenvalue weighted by atomic mass is 16.1. The normalized spacial score (nSPS) is 17.7. The highest BCUT2D eigenvalue weighted by molar-refractivity contribution is 6.07. The molecule has 0 aromatic carbocycles. The number of hydrogen-bond acceptors (Lipinski definition) is 3. The first kappa shape index (κ1) is 7.91. The molecule has 66 valence electrons. The number of fused-ring (bicyclic) bond motifs is 1. The highest BCUT2D eigenvalue weighted by Crippen LogP contribution is 2.18. The molecule has 1 aliphatic rings. The highest BCUT2D eigenvalue weighted by Gasteiger charge is 2.14. The lowest BCUT2D eigenvalue weighted by atomic mass is 10.1. The van der Waals surface area contributed by atoms with Crippen molar-refractivity contribution in [2.24, 2.45) is 4.99 Å². The number of aromatic nitrogens is 1. The molecule has 1 aromatic rings. The Morgan fingerprint density at radius 2 is 2.54 bits per heavy atom. The van der Waals surface area contributed by atoms with Gasteiger partial charge in [0.25, 0.3) is 0 Å². The Morgan fingerprint density at radius 3 is 3.38 bits per heavy atom. The van der Waals surface area contributed by atoms with Gasteiger partial charge in [0.15, 0.2) is 0 Å². The van der Waals surface area contributed by atoms with E-state index >= 15 is 0 Å². The monoisotopic (exact) mass is 175 g/mol. The molecular weight excluding hydrogens is 166 g/mol. The third-order valence-corrected chi connectivity index (χ3v) is 1.97.